The maximum Gasteiger partial charge on any atom is 0.269 e. The molecule has 0 radical (unpaired) electrons. The Morgan fingerprint density at radius 3 is 2.79 bits per heavy atom. The second-order valence-corrected chi connectivity index (χ2v) is 4.51. The predicted molar refractivity (Wildman–Crippen MR) is 73.8 cm³/mol. The fourth-order valence-corrected chi connectivity index (χ4v) is 1.64. The van der Waals surface area contributed by atoms with Gasteiger partial charge in [-0.25, -0.2) is 4.98 Å². The summed E-state index contributed by atoms with van der Waals surface area (Å²) < 4.78 is 5.40. The summed E-state index contributed by atoms with van der Waals surface area (Å²) in [5.41, 5.74) is 0.314. The molecule has 6 nitrogen and oxygen atoms in total. The van der Waals surface area contributed by atoms with Crippen molar-refractivity contribution < 1.29 is 14.3 Å². The van der Waals surface area contributed by atoms with Crippen molar-refractivity contribution in [2.45, 2.75) is 6.42 Å². The van der Waals surface area contributed by atoms with Gasteiger partial charge < -0.3 is 15.4 Å². The molecule has 0 aliphatic carbocycles. The molecule has 1 rings (SSSR count). The largest absolute Gasteiger partial charge is 0.383 e. The Bertz CT molecular complexity index is 440. The maximum absolute atomic E-state index is 11.7. The van der Waals surface area contributed by atoms with Crippen LogP contribution >= 0.6 is 15.9 Å². The van der Waals surface area contributed by atoms with Crippen molar-refractivity contribution in [1.29, 1.82) is 0 Å². The lowest BCUT2D eigenvalue weighted by Crippen LogP contribution is -2.32. The number of amides is 2. The number of carbonyl (C=O) groups is 2. The minimum Gasteiger partial charge on any atom is -0.383 e. The molecule has 2 amide bonds. The summed E-state index contributed by atoms with van der Waals surface area (Å²) in [5, 5.41) is 5.30. The van der Waals surface area contributed by atoms with Crippen LogP contribution in [0.5, 0.6) is 0 Å². The zero-order chi connectivity index (χ0) is 14.1. The fraction of sp³-hybridized carbons (Fsp3) is 0.417. The van der Waals surface area contributed by atoms with Crippen LogP contribution in [0.4, 0.5) is 0 Å². The van der Waals surface area contributed by atoms with E-state index >= 15 is 0 Å². The monoisotopic (exact) mass is 329 g/mol. The lowest BCUT2D eigenvalue weighted by Gasteiger charge is -2.06. The highest BCUT2D eigenvalue weighted by molar-refractivity contribution is 9.10. The van der Waals surface area contributed by atoms with E-state index in [1.807, 2.05) is 0 Å². The average molecular weight is 330 g/mol. The smallest absolute Gasteiger partial charge is 0.269 e. The van der Waals surface area contributed by atoms with Crippen molar-refractivity contribution in [2.75, 3.05) is 26.8 Å². The highest BCUT2D eigenvalue weighted by Crippen LogP contribution is 2.05. The van der Waals surface area contributed by atoms with Gasteiger partial charge in [0, 0.05) is 26.6 Å². The topological polar surface area (TPSA) is 80.3 Å². The Hall–Kier alpha value is -1.47. The summed E-state index contributed by atoms with van der Waals surface area (Å²) in [6.45, 7) is 1.21. The third kappa shape index (κ3) is 6.30. The molecule has 104 valence electrons. The Morgan fingerprint density at radius 1 is 1.32 bits per heavy atom. The zero-order valence-electron chi connectivity index (χ0n) is 10.6. The summed E-state index contributed by atoms with van der Waals surface area (Å²) >= 11 is 3.19. The van der Waals surface area contributed by atoms with Gasteiger partial charge >= 0.3 is 0 Å². The molecular formula is C12H16BrN3O3. The Morgan fingerprint density at radius 2 is 2.11 bits per heavy atom. The molecule has 0 saturated carbocycles. The molecule has 1 aromatic rings. The fourth-order valence-electron chi connectivity index (χ4n) is 1.30. The quantitative estimate of drug-likeness (QED) is 0.570. The minimum absolute atomic E-state index is 0.125. The van der Waals surface area contributed by atoms with Crippen LogP contribution in [0.1, 0.15) is 16.9 Å². The first kappa shape index (κ1) is 15.6. The van der Waals surface area contributed by atoms with Crippen molar-refractivity contribution in [3.63, 3.8) is 0 Å². The van der Waals surface area contributed by atoms with Crippen LogP contribution in [0.3, 0.4) is 0 Å². The van der Waals surface area contributed by atoms with E-state index in [-0.39, 0.29) is 24.8 Å². The molecule has 0 aliphatic rings. The number of hydrogen-bond acceptors (Lipinski definition) is 4. The summed E-state index contributed by atoms with van der Waals surface area (Å²) in [5.74, 6) is -0.425. The van der Waals surface area contributed by atoms with Gasteiger partial charge in [0.25, 0.3) is 5.91 Å². The SMILES string of the molecule is COCCNC(=O)CCNC(=O)c1cccc(Br)n1. The van der Waals surface area contributed by atoms with Crippen LogP contribution in [-0.4, -0.2) is 43.6 Å². The normalized spacial score (nSPS) is 10.0. The van der Waals surface area contributed by atoms with Crippen molar-refractivity contribution in [1.82, 2.24) is 15.6 Å². The number of halogens is 1. The van der Waals surface area contributed by atoms with Gasteiger partial charge in [-0.15, -0.1) is 0 Å². The van der Waals surface area contributed by atoms with Crippen LogP contribution < -0.4 is 10.6 Å². The van der Waals surface area contributed by atoms with Crippen LogP contribution in [0.25, 0.3) is 0 Å². The standard InChI is InChI=1S/C12H16BrN3O3/c1-19-8-7-14-11(17)5-6-15-12(18)9-3-2-4-10(13)16-9/h2-4H,5-8H2,1H3,(H,14,17)(H,15,18). The van der Waals surface area contributed by atoms with E-state index in [0.717, 1.165) is 0 Å². The second-order valence-electron chi connectivity index (χ2n) is 3.69. The van der Waals surface area contributed by atoms with E-state index in [1.54, 1.807) is 25.3 Å². The third-order valence-corrected chi connectivity index (χ3v) is 2.66. The molecule has 1 aromatic heterocycles. The molecule has 19 heavy (non-hydrogen) atoms. The van der Waals surface area contributed by atoms with Crippen LogP contribution in [0, 0.1) is 0 Å². The van der Waals surface area contributed by atoms with Crippen molar-refractivity contribution in [2.24, 2.45) is 0 Å². The van der Waals surface area contributed by atoms with Crippen molar-refractivity contribution in [3.8, 4) is 0 Å². The molecule has 0 aromatic carbocycles. The second kappa shape index (κ2) is 8.60. The van der Waals surface area contributed by atoms with Gasteiger partial charge in [-0.1, -0.05) is 6.07 Å². The number of carbonyl (C=O) groups excluding carboxylic acids is 2. The highest BCUT2D eigenvalue weighted by Gasteiger charge is 2.07. The Kier molecular flexibility index (Phi) is 7.06. The van der Waals surface area contributed by atoms with Crippen LogP contribution in [0.15, 0.2) is 22.8 Å². The van der Waals surface area contributed by atoms with E-state index in [2.05, 4.69) is 31.5 Å². The molecule has 0 unspecified atom stereocenters. The summed E-state index contributed by atoms with van der Waals surface area (Å²) in [6.07, 6.45) is 0.226. The van der Waals surface area contributed by atoms with Gasteiger partial charge in [-0.3, -0.25) is 9.59 Å². The van der Waals surface area contributed by atoms with Gasteiger partial charge in [0.05, 0.1) is 6.61 Å². The van der Waals surface area contributed by atoms with Crippen molar-refractivity contribution >= 4 is 27.7 Å². The molecule has 0 spiro atoms. The number of hydrogen-bond donors (Lipinski definition) is 2. The van der Waals surface area contributed by atoms with E-state index in [1.165, 1.54) is 0 Å². The van der Waals surface area contributed by atoms with E-state index in [0.29, 0.717) is 23.4 Å². The number of rotatable bonds is 7. The molecule has 7 heteroatoms. The van der Waals surface area contributed by atoms with Gasteiger partial charge in [0.15, 0.2) is 0 Å². The zero-order valence-corrected chi connectivity index (χ0v) is 12.2. The summed E-state index contributed by atoms with van der Waals surface area (Å²) in [7, 11) is 1.57. The molecule has 0 saturated heterocycles. The number of pyridine rings is 1. The number of nitrogens with one attached hydrogen (secondary N) is 2. The molecular weight excluding hydrogens is 314 g/mol. The number of ether oxygens (including phenoxy) is 1. The number of aromatic nitrogens is 1. The molecule has 0 fully saturated rings. The predicted octanol–water partition coefficient (Wildman–Crippen LogP) is 0.727. The van der Waals surface area contributed by atoms with Gasteiger partial charge in [0.2, 0.25) is 5.91 Å². The van der Waals surface area contributed by atoms with E-state index in [4.69, 9.17) is 4.74 Å². The lowest BCUT2D eigenvalue weighted by molar-refractivity contribution is -0.121. The summed E-state index contributed by atoms with van der Waals surface area (Å²) in [4.78, 5) is 27.1. The van der Waals surface area contributed by atoms with Crippen molar-refractivity contribution in [3.05, 3.63) is 28.5 Å². The van der Waals surface area contributed by atoms with E-state index in [9.17, 15) is 9.59 Å². The lowest BCUT2D eigenvalue weighted by atomic mass is 10.3. The first-order chi connectivity index (χ1) is 9.13. The Labute approximate surface area is 120 Å². The molecule has 0 atom stereocenters. The molecule has 2 N–H and O–H groups in total. The van der Waals surface area contributed by atoms with Gasteiger partial charge in [0.1, 0.15) is 10.3 Å². The van der Waals surface area contributed by atoms with E-state index < -0.39 is 0 Å². The minimum atomic E-state index is -0.300. The molecule has 1 heterocycles. The van der Waals surface area contributed by atoms with Crippen LogP contribution in [-0.2, 0) is 9.53 Å². The molecule has 0 aliphatic heterocycles. The highest BCUT2D eigenvalue weighted by atomic mass is 79.9. The number of nitrogens with zero attached hydrogens (tertiary/aromatic N) is 1. The van der Waals surface area contributed by atoms with Gasteiger partial charge in [-0.05, 0) is 28.1 Å². The third-order valence-electron chi connectivity index (χ3n) is 2.21. The number of methoxy groups -OCH3 is 1. The maximum atomic E-state index is 11.7. The van der Waals surface area contributed by atoms with Crippen LogP contribution in [0.2, 0.25) is 0 Å². The Balaban J connectivity index is 2.25. The average Bonchev–Trinajstić information content (AvgIpc) is 2.39. The summed E-state index contributed by atoms with van der Waals surface area (Å²) in [6, 6.07) is 5.07. The first-order valence-corrected chi connectivity index (χ1v) is 6.59. The first-order valence-electron chi connectivity index (χ1n) is 5.80. The van der Waals surface area contributed by atoms with Gasteiger partial charge in [-0.2, -0.15) is 0 Å². The molecule has 0 bridgehead atoms.